The van der Waals surface area contributed by atoms with Crippen molar-refractivity contribution in [3.8, 4) is 6.07 Å². The standard InChI is InChI=1S/C12H17N5O2/c1-8(12(18)15-3-4-19-2)17-11-9(6-13)5-10(14)7-16-11/h5,7-8H,3-4,14H2,1-2H3,(H,15,18)(H,16,17). The van der Waals surface area contributed by atoms with Crippen molar-refractivity contribution in [2.24, 2.45) is 0 Å². The molecule has 4 N–H and O–H groups in total. The first-order valence-corrected chi connectivity index (χ1v) is 5.77. The summed E-state index contributed by atoms with van der Waals surface area (Å²) in [5.74, 6) is 0.144. The molecule has 0 aliphatic carbocycles. The van der Waals surface area contributed by atoms with Gasteiger partial charge in [-0.2, -0.15) is 5.26 Å². The molecule has 0 fully saturated rings. The molecular formula is C12H17N5O2. The second-order valence-electron chi connectivity index (χ2n) is 3.93. The van der Waals surface area contributed by atoms with Gasteiger partial charge in [0, 0.05) is 13.7 Å². The van der Waals surface area contributed by atoms with Crippen LogP contribution in [0.1, 0.15) is 12.5 Å². The Morgan fingerprint density at radius 2 is 2.42 bits per heavy atom. The normalized spacial score (nSPS) is 11.4. The number of methoxy groups -OCH3 is 1. The molecule has 19 heavy (non-hydrogen) atoms. The third kappa shape index (κ3) is 4.44. The van der Waals surface area contributed by atoms with E-state index in [4.69, 9.17) is 15.7 Å². The third-order valence-electron chi connectivity index (χ3n) is 2.38. The zero-order chi connectivity index (χ0) is 14.3. The third-order valence-corrected chi connectivity index (χ3v) is 2.38. The van der Waals surface area contributed by atoms with E-state index in [2.05, 4.69) is 15.6 Å². The van der Waals surface area contributed by atoms with E-state index in [1.807, 2.05) is 6.07 Å². The van der Waals surface area contributed by atoms with Gasteiger partial charge in [0.15, 0.2) is 0 Å². The average Bonchev–Trinajstić information content (AvgIpc) is 2.40. The molecule has 0 saturated heterocycles. The maximum absolute atomic E-state index is 11.7. The van der Waals surface area contributed by atoms with E-state index in [1.54, 1.807) is 14.0 Å². The Morgan fingerprint density at radius 1 is 1.68 bits per heavy atom. The summed E-state index contributed by atoms with van der Waals surface area (Å²) < 4.78 is 4.84. The number of nitrogens with two attached hydrogens (primary N) is 1. The van der Waals surface area contributed by atoms with Gasteiger partial charge in [-0.05, 0) is 13.0 Å². The average molecular weight is 263 g/mol. The lowest BCUT2D eigenvalue weighted by Crippen LogP contribution is -2.39. The van der Waals surface area contributed by atoms with Crippen molar-refractivity contribution in [3.63, 3.8) is 0 Å². The molecule has 7 heteroatoms. The topological polar surface area (TPSA) is 113 Å². The number of anilines is 2. The Kier molecular flexibility index (Phi) is 5.57. The Balaban J connectivity index is 2.64. The number of hydrogen-bond donors (Lipinski definition) is 3. The highest BCUT2D eigenvalue weighted by Crippen LogP contribution is 2.15. The quantitative estimate of drug-likeness (QED) is 0.627. The summed E-state index contributed by atoms with van der Waals surface area (Å²) in [6, 6.07) is 2.97. The van der Waals surface area contributed by atoms with Crippen LogP contribution in [0.3, 0.4) is 0 Å². The van der Waals surface area contributed by atoms with E-state index < -0.39 is 6.04 Å². The monoisotopic (exact) mass is 263 g/mol. The fourth-order valence-electron chi connectivity index (χ4n) is 1.38. The van der Waals surface area contributed by atoms with Gasteiger partial charge in [0.2, 0.25) is 5.91 Å². The van der Waals surface area contributed by atoms with Crippen molar-refractivity contribution in [2.75, 3.05) is 31.3 Å². The van der Waals surface area contributed by atoms with Crippen molar-refractivity contribution in [1.82, 2.24) is 10.3 Å². The minimum atomic E-state index is -0.514. The van der Waals surface area contributed by atoms with Gasteiger partial charge in [-0.15, -0.1) is 0 Å². The highest BCUT2D eigenvalue weighted by Gasteiger charge is 2.14. The number of carbonyl (C=O) groups excluding carboxylic acids is 1. The summed E-state index contributed by atoms with van der Waals surface area (Å²) >= 11 is 0. The van der Waals surface area contributed by atoms with E-state index in [0.29, 0.717) is 30.2 Å². The number of pyridine rings is 1. The van der Waals surface area contributed by atoms with Crippen molar-refractivity contribution in [1.29, 1.82) is 5.26 Å². The number of rotatable bonds is 6. The highest BCUT2D eigenvalue weighted by molar-refractivity contribution is 5.84. The van der Waals surface area contributed by atoms with E-state index in [-0.39, 0.29) is 5.91 Å². The van der Waals surface area contributed by atoms with E-state index in [0.717, 1.165) is 0 Å². The van der Waals surface area contributed by atoms with E-state index in [1.165, 1.54) is 12.3 Å². The van der Waals surface area contributed by atoms with Gasteiger partial charge >= 0.3 is 0 Å². The molecule has 1 aromatic rings. The summed E-state index contributed by atoms with van der Waals surface area (Å²) in [5.41, 5.74) is 6.24. The van der Waals surface area contributed by atoms with Gasteiger partial charge in [0.05, 0.1) is 24.1 Å². The maximum atomic E-state index is 11.7. The first-order valence-electron chi connectivity index (χ1n) is 5.77. The number of nitrogens with zero attached hydrogens (tertiary/aromatic N) is 2. The number of nitrogen functional groups attached to an aromatic ring is 1. The van der Waals surface area contributed by atoms with Crippen molar-refractivity contribution in [3.05, 3.63) is 17.8 Å². The summed E-state index contributed by atoms with van der Waals surface area (Å²) in [5, 5.41) is 14.5. The fraction of sp³-hybridized carbons (Fsp3) is 0.417. The van der Waals surface area contributed by atoms with Crippen LogP contribution in [0.2, 0.25) is 0 Å². The molecule has 102 valence electrons. The zero-order valence-corrected chi connectivity index (χ0v) is 10.9. The molecule has 0 aliphatic heterocycles. The van der Waals surface area contributed by atoms with E-state index >= 15 is 0 Å². The number of nitriles is 1. The lowest BCUT2D eigenvalue weighted by molar-refractivity contribution is -0.121. The Hall–Kier alpha value is -2.33. The number of amides is 1. The Bertz CT molecular complexity index is 483. The predicted octanol–water partition coefficient (Wildman–Crippen LogP) is 0.0985. The van der Waals surface area contributed by atoms with Gasteiger partial charge in [-0.3, -0.25) is 4.79 Å². The molecule has 0 aromatic carbocycles. The molecule has 1 amide bonds. The van der Waals surface area contributed by atoms with Crippen molar-refractivity contribution >= 4 is 17.4 Å². The van der Waals surface area contributed by atoms with Crippen molar-refractivity contribution < 1.29 is 9.53 Å². The minimum Gasteiger partial charge on any atom is -0.397 e. The first-order chi connectivity index (χ1) is 9.08. The van der Waals surface area contributed by atoms with Crippen LogP contribution in [-0.2, 0) is 9.53 Å². The predicted molar refractivity (Wildman–Crippen MR) is 71.3 cm³/mol. The molecule has 1 atom stereocenters. The summed E-state index contributed by atoms with van der Waals surface area (Å²) in [7, 11) is 1.56. The lowest BCUT2D eigenvalue weighted by Gasteiger charge is -2.15. The summed E-state index contributed by atoms with van der Waals surface area (Å²) in [6.45, 7) is 2.56. The molecular weight excluding hydrogens is 246 g/mol. The molecule has 1 heterocycles. The Morgan fingerprint density at radius 3 is 3.05 bits per heavy atom. The molecule has 0 aliphatic rings. The first kappa shape index (κ1) is 14.7. The molecule has 0 radical (unpaired) electrons. The number of aromatic nitrogens is 1. The van der Waals surface area contributed by atoms with Crippen molar-refractivity contribution in [2.45, 2.75) is 13.0 Å². The van der Waals surface area contributed by atoms with Crippen LogP contribution in [0.4, 0.5) is 11.5 Å². The molecule has 7 nitrogen and oxygen atoms in total. The highest BCUT2D eigenvalue weighted by atomic mass is 16.5. The van der Waals surface area contributed by atoms with Gasteiger partial charge in [0.25, 0.3) is 0 Å². The molecule has 1 unspecified atom stereocenters. The number of carbonyl (C=O) groups is 1. The maximum Gasteiger partial charge on any atom is 0.242 e. The summed E-state index contributed by atoms with van der Waals surface area (Å²) in [4.78, 5) is 15.7. The van der Waals surface area contributed by atoms with Crippen LogP contribution in [0, 0.1) is 11.3 Å². The van der Waals surface area contributed by atoms with Crippen LogP contribution < -0.4 is 16.4 Å². The number of hydrogen-bond acceptors (Lipinski definition) is 6. The molecule has 0 saturated carbocycles. The van der Waals surface area contributed by atoms with E-state index in [9.17, 15) is 4.79 Å². The smallest absolute Gasteiger partial charge is 0.242 e. The largest absolute Gasteiger partial charge is 0.397 e. The van der Waals surface area contributed by atoms with Crippen LogP contribution in [-0.4, -0.2) is 37.2 Å². The van der Waals surface area contributed by atoms with Gasteiger partial charge in [-0.1, -0.05) is 0 Å². The fourth-order valence-corrected chi connectivity index (χ4v) is 1.38. The van der Waals surface area contributed by atoms with Crippen LogP contribution in [0.15, 0.2) is 12.3 Å². The number of nitrogens with one attached hydrogen (secondary N) is 2. The molecule has 1 rings (SSSR count). The van der Waals surface area contributed by atoms with Crippen LogP contribution in [0.25, 0.3) is 0 Å². The second-order valence-corrected chi connectivity index (χ2v) is 3.93. The number of ether oxygens (including phenoxy) is 1. The summed E-state index contributed by atoms with van der Waals surface area (Å²) in [6.07, 6.45) is 1.43. The lowest BCUT2D eigenvalue weighted by atomic mass is 10.2. The zero-order valence-electron chi connectivity index (χ0n) is 10.9. The van der Waals surface area contributed by atoms with Crippen LogP contribution >= 0.6 is 0 Å². The Labute approximate surface area is 111 Å². The molecule has 1 aromatic heterocycles. The molecule has 0 bridgehead atoms. The molecule has 0 spiro atoms. The van der Waals surface area contributed by atoms with Crippen LogP contribution in [0.5, 0.6) is 0 Å². The van der Waals surface area contributed by atoms with Gasteiger partial charge in [0.1, 0.15) is 17.9 Å². The minimum absolute atomic E-state index is 0.195. The SMILES string of the molecule is COCCNC(=O)C(C)Nc1ncc(N)cc1C#N. The van der Waals surface area contributed by atoms with Gasteiger partial charge in [-0.25, -0.2) is 4.98 Å². The van der Waals surface area contributed by atoms with Gasteiger partial charge < -0.3 is 21.1 Å². The second kappa shape index (κ2) is 7.18.